The number of ether oxygens (including phenoxy) is 1. The fourth-order valence-corrected chi connectivity index (χ4v) is 3.83. The van der Waals surface area contributed by atoms with E-state index in [1.54, 1.807) is 18.2 Å². The monoisotopic (exact) mass is 370 g/mol. The third-order valence-corrected chi connectivity index (χ3v) is 5.63. The summed E-state index contributed by atoms with van der Waals surface area (Å²) in [5.74, 6) is 2.41. The van der Waals surface area contributed by atoms with Crippen molar-refractivity contribution in [1.29, 1.82) is 0 Å². The summed E-state index contributed by atoms with van der Waals surface area (Å²) in [4.78, 5) is 25.7. The third kappa shape index (κ3) is 3.69. The summed E-state index contributed by atoms with van der Waals surface area (Å²) < 4.78 is 11.0. The van der Waals surface area contributed by atoms with E-state index < -0.39 is 0 Å². The number of fused-ring (bicyclic) bond motifs is 1. The van der Waals surface area contributed by atoms with Crippen molar-refractivity contribution in [3.05, 3.63) is 41.4 Å². The molecule has 3 heterocycles. The van der Waals surface area contributed by atoms with Gasteiger partial charge in [0.15, 0.2) is 0 Å². The van der Waals surface area contributed by atoms with Gasteiger partial charge in [0.25, 0.3) is 5.89 Å². The second kappa shape index (κ2) is 7.31. The molecule has 7 heteroatoms. The van der Waals surface area contributed by atoms with Crippen LogP contribution in [0.5, 0.6) is 5.75 Å². The van der Waals surface area contributed by atoms with Crippen LogP contribution < -0.4 is 4.74 Å². The fraction of sp³-hybridized carbons (Fsp3) is 0.550. The minimum atomic E-state index is -0.107. The van der Waals surface area contributed by atoms with E-state index in [0.717, 1.165) is 55.2 Å². The second-order valence-electron chi connectivity index (χ2n) is 7.69. The Bertz CT molecular complexity index is 811. The first-order valence-corrected chi connectivity index (χ1v) is 9.50. The number of rotatable bonds is 5. The molecule has 0 bridgehead atoms. The summed E-state index contributed by atoms with van der Waals surface area (Å²) in [6, 6.07) is 4.21. The molecule has 2 aromatic rings. The van der Waals surface area contributed by atoms with E-state index in [1.807, 2.05) is 19.2 Å². The van der Waals surface area contributed by atoms with Crippen LogP contribution in [0.2, 0.25) is 0 Å². The van der Waals surface area contributed by atoms with Crippen molar-refractivity contribution in [2.45, 2.75) is 45.3 Å². The molecule has 4 rings (SSSR count). The number of hydrogen-bond acceptors (Lipinski definition) is 6. The minimum Gasteiger partial charge on any atom is -0.495 e. The molecular weight excluding hydrogens is 344 g/mol. The van der Waals surface area contributed by atoms with E-state index in [4.69, 9.17) is 9.15 Å². The average Bonchev–Trinajstić information content (AvgIpc) is 3.08. The maximum Gasteiger partial charge on any atom is 0.309 e. The normalized spacial score (nSPS) is 22.0. The number of carbonyl (C=O) groups is 1. The Balaban J connectivity index is 1.40. The van der Waals surface area contributed by atoms with Crippen molar-refractivity contribution in [2.24, 2.45) is 5.92 Å². The maximum absolute atomic E-state index is 12.7. The Morgan fingerprint density at radius 3 is 2.89 bits per heavy atom. The van der Waals surface area contributed by atoms with Crippen LogP contribution in [0.15, 0.2) is 22.7 Å². The number of nitrogens with zero attached hydrogens (tertiary/aromatic N) is 4. The molecule has 0 saturated heterocycles. The van der Waals surface area contributed by atoms with Gasteiger partial charge in [0.05, 0.1) is 24.7 Å². The van der Waals surface area contributed by atoms with Gasteiger partial charge in [-0.3, -0.25) is 14.7 Å². The summed E-state index contributed by atoms with van der Waals surface area (Å²) in [7, 11) is 3.49. The van der Waals surface area contributed by atoms with Crippen LogP contribution in [0.3, 0.4) is 0 Å². The van der Waals surface area contributed by atoms with Gasteiger partial charge in [0, 0.05) is 39.1 Å². The molecule has 144 valence electrons. The van der Waals surface area contributed by atoms with Gasteiger partial charge in [0.2, 0.25) is 0 Å². The van der Waals surface area contributed by atoms with Crippen LogP contribution in [0, 0.1) is 5.92 Å². The number of amides is 1. The van der Waals surface area contributed by atoms with Gasteiger partial charge in [-0.25, -0.2) is 4.98 Å². The Kier molecular flexibility index (Phi) is 4.86. The zero-order chi connectivity index (χ0) is 19.0. The molecule has 1 aliphatic carbocycles. The topological polar surface area (TPSA) is 71.7 Å². The molecular formula is C20H26N4O3. The molecule has 0 unspecified atom stereocenters. The van der Waals surface area contributed by atoms with Gasteiger partial charge in [-0.15, -0.1) is 0 Å². The first kappa shape index (κ1) is 18.0. The average molecular weight is 370 g/mol. The first-order chi connectivity index (χ1) is 13.0. The Hall–Kier alpha value is -2.41. The van der Waals surface area contributed by atoms with E-state index in [1.165, 1.54) is 0 Å². The molecule has 0 radical (unpaired) electrons. The van der Waals surface area contributed by atoms with Crippen LogP contribution in [-0.4, -0.2) is 52.4 Å². The number of hydrogen-bond donors (Lipinski definition) is 0. The van der Waals surface area contributed by atoms with Gasteiger partial charge < -0.3 is 14.1 Å². The Morgan fingerprint density at radius 1 is 1.41 bits per heavy atom. The number of oxazole rings is 1. The van der Waals surface area contributed by atoms with Gasteiger partial charge in [-0.05, 0) is 30.9 Å². The summed E-state index contributed by atoms with van der Waals surface area (Å²) in [6.07, 6.45) is 4.61. The summed E-state index contributed by atoms with van der Waals surface area (Å²) in [6.45, 7) is 4.48. The largest absolute Gasteiger partial charge is 0.495 e. The van der Waals surface area contributed by atoms with Gasteiger partial charge in [0.1, 0.15) is 11.5 Å². The minimum absolute atomic E-state index is 0.107. The molecule has 1 amide bonds. The lowest BCUT2D eigenvalue weighted by atomic mass is 9.81. The zero-order valence-electron chi connectivity index (χ0n) is 16.1. The van der Waals surface area contributed by atoms with E-state index >= 15 is 0 Å². The molecule has 0 aromatic carbocycles. The van der Waals surface area contributed by atoms with Crippen LogP contribution in [-0.2, 0) is 19.5 Å². The predicted molar refractivity (Wildman–Crippen MR) is 99.4 cm³/mol. The lowest BCUT2D eigenvalue weighted by Gasteiger charge is -2.38. The smallest absolute Gasteiger partial charge is 0.309 e. The highest BCUT2D eigenvalue weighted by atomic mass is 16.5. The van der Waals surface area contributed by atoms with E-state index in [2.05, 4.69) is 21.8 Å². The molecule has 0 spiro atoms. The molecule has 2 aliphatic rings. The highest BCUT2D eigenvalue weighted by Gasteiger charge is 2.34. The van der Waals surface area contributed by atoms with E-state index in [0.29, 0.717) is 18.5 Å². The predicted octanol–water partition coefficient (Wildman–Crippen LogP) is 2.51. The SMILES string of the molecule is COc1ccc(CN2CCc3oc(C(=O)N(C)C4CC(C)C4)nc3C2)nc1. The number of pyridine rings is 1. The third-order valence-electron chi connectivity index (χ3n) is 5.63. The molecule has 2 aromatic heterocycles. The highest BCUT2D eigenvalue weighted by molar-refractivity contribution is 5.89. The second-order valence-corrected chi connectivity index (χ2v) is 7.69. The first-order valence-electron chi connectivity index (χ1n) is 9.50. The lowest BCUT2D eigenvalue weighted by Crippen LogP contribution is -2.44. The van der Waals surface area contributed by atoms with Crippen LogP contribution in [0.1, 0.15) is 47.6 Å². The summed E-state index contributed by atoms with van der Waals surface area (Å²) >= 11 is 0. The van der Waals surface area contributed by atoms with Crippen molar-refractivity contribution in [3.8, 4) is 5.75 Å². The van der Waals surface area contributed by atoms with Crippen molar-refractivity contribution in [3.63, 3.8) is 0 Å². The van der Waals surface area contributed by atoms with Crippen molar-refractivity contribution < 1.29 is 13.9 Å². The fourth-order valence-electron chi connectivity index (χ4n) is 3.83. The standard InChI is InChI=1S/C20H26N4O3/c1-13-8-15(9-13)23(2)20(25)19-22-17-12-24(7-6-18(17)27-19)11-14-4-5-16(26-3)10-21-14/h4-5,10,13,15H,6-9,11-12H2,1-3H3. The lowest BCUT2D eigenvalue weighted by molar-refractivity contribution is 0.0531. The molecule has 7 nitrogen and oxygen atoms in total. The number of aromatic nitrogens is 2. The molecule has 1 aliphatic heterocycles. The molecule has 0 atom stereocenters. The molecule has 27 heavy (non-hydrogen) atoms. The highest BCUT2D eigenvalue weighted by Crippen LogP contribution is 2.31. The molecule has 0 N–H and O–H groups in total. The van der Waals surface area contributed by atoms with Crippen LogP contribution in [0.25, 0.3) is 0 Å². The molecule has 1 saturated carbocycles. The Labute approximate surface area is 159 Å². The summed E-state index contributed by atoms with van der Waals surface area (Å²) in [5, 5.41) is 0. The van der Waals surface area contributed by atoms with E-state index in [-0.39, 0.29) is 11.8 Å². The van der Waals surface area contributed by atoms with Crippen molar-refractivity contribution >= 4 is 5.91 Å². The van der Waals surface area contributed by atoms with E-state index in [9.17, 15) is 4.79 Å². The molecule has 1 fully saturated rings. The zero-order valence-corrected chi connectivity index (χ0v) is 16.1. The summed E-state index contributed by atoms with van der Waals surface area (Å²) in [5.41, 5.74) is 1.85. The van der Waals surface area contributed by atoms with Crippen LogP contribution in [0.4, 0.5) is 0 Å². The maximum atomic E-state index is 12.7. The van der Waals surface area contributed by atoms with Crippen LogP contribution >= 0.6 is 0 Å². The van der Waals surface area contributed by atoms with Gasteiger partial charge >= 0.3 is 5.91 Å². The van der Waals surface area contributed by atoms with Crippen molar-refractivity contribution in [1.82, 2.24) is 19.8 Å². The van der Waals surface area contributed by atoms with Crippen molar-refractivity contribution in [2.75, 3.05) is 20.7 Å². The Morgan fingerprint density at radius 2 is 2.22 bits per heavy atom. The quantitative estimate of drug-likeness (QED) is 0.805. The number of carbonyl (C=O) groups excluding carboxylic acids is 1. The van der Waals surface area contributed by atoms with Gasteiger partial charge in [-0.2, -0.15) is 0 Å². The van der Waals surface area contributed by atoms with Gasteiger partial charge in [-0.1, -0.05) is 6.92 Å². The number of methoxy groups -OCH3 is 1.